The first kappa shape index (κ1) is 19.1. The number of amides is 1. The zero-order valence-corrected chi connectivity index (χ0v) is 17.2. The van der Waals surface area contributed by atoms with E-state index >= 15 is 0 Å². The van der Waals surface area contributed by atoms with Crippen molar-refractivity contribution in [3.63, 3.8) is 0 Å². The second kappa shape index (κ2) is 6.81. The summed E-state index contributed by atoms with van der Waals surface area (Å²) in [4.78, 5) is 15.3. The number of carbonyl (C=O) groups excluding carboxylic acids is 1. The summed E-state index contributed by atoms with van der Waals surface area (Å²) in [7, 11) is -3.37. The van der Waals surface area contributed by atoms with E-state index in [2.05, 4.69) is 25.2 Å². The van der Waals surface area contributed by atoms with Crippen LogP contribution in [0.1, 0.15) is 27.7 Å². The molecule has 3 heterocycles. The first-order valence-corrected chi connectivity index (χ1v) is 11.3. The van der Waals surface area contributed by atoms with Gasteiger partial charge in [-0.05, 0) is 23.8 Å². The molecule has 2 aromatic carbocycles. The third-order valence-corrected chi connectivity index (χ3v) is 5.82. The van der Waals surface area contributed by atoms with Gasteiger partial charge in [-0.2, -0.15) is 0 Å². The van der Waals surface area contributed by atoms with Gasteiger partial charge in [0.25, 0.3) is 5.91 Å². The minimum absolute atomic E-state index is 0.107. The minimum atomic E-state index is -3.37. The third kappa shape index (κ3) is 3.26. The first-order chi connectivity index (χ1) is 14.8. The normalized spacial score (nSPS) is 15.1. The van der Waals surface area contributed by atoms with Crippen molar-refractivity contribution >= 4 is 38.3 Å². The van der Waals surface area contributed by atoms with E-state index in [1.54, 1.807) is 12.1 Å². The number of H-pyrrole nitrogens is 1. The van der Waals surface area contributed by atoms with Crippen molar-refractivity contribution in [2.75, 3.05) is 16.3 Å². The lowest BCUT2D eigenvalue weighted by atomic mass is 9.95. The molecule has 0 radical (unpaired) electrons. The molecule has 10 heteroatoms. The number of para-hydroxylation sites is 1. The Kier molecular flexibility index (Phi) is 4.19. The Hall–Kier alpha value is -3.92. The Balaban J connectivity index is 1.73. The standard InChI is InChI=1S/C21H18N6O3S/c1-31(29,30)27-12-8-6-11(7-9-12)18-14-10-23-21-17(14)16(19(20(22)28)25-26-21)13-4-2-3-5-15(13)24-18/h2-10,18,24,27H,1H3,(H2,22,28)(H,23,26). The highest BCUT2D eigenvalue weighted by Crippen LogP contribution is 2.44. The van der Waals surface area contributed by atoms with Crippen molar-refractivity contribution in [3.8, 4) is 11.1 Å². The predicted octanol–water partition coefficient (Wildman–Crippen LogP) is 2.61. The van der Waals surface area contributed by atoms with Crippen molar-refractivity contribution < 1.29 is 13.2 Å². The zero-order chi connectivity index (χ0) is 21.8. The number of aromatic amines is 1. The number of carbonyl (C=O) groups is 1. The van der Waals surface area contributed by atoms with Gasteiger partial charge < -0.3 is 16.0 Å². The number of nitrogens with one attached hydrogen (secondary N) is 3. The summed E-state index contributed by atoms with van der Waals surface area (Å²) in [5.74, 6) is -0.652. The van der Waals surface area contributed by atoms with Gasteiger partial charge in [0.05, 0.1) is 12.3 Å². The second-order valence-electron chi connectivity index (χ2n) is 7.37. The van der Waals surface area contributed by atoms with E-state index in [-0.39, 0.29) is 11.7 Å². The molecule has 31 heavy (non-hydrogen) atoms. The number of nitrogens with two attached hydrogens (primary N) is 1. The number of primary amides is 1. The maximum absolute atomic E-state index is 12.1. The van der Waals surface area contributed by atoms with Crippen molar-refractivity contribution in [2.45, 2.75) is 6.04 Å². The quantitative estimate of drug-likeness (QED) is 0.389. The molecular weight excluding hydrogens is 416 g/mol. The van der Waals surface area contributed by atoms with Gasteiger partial charge in [0, 0.05) is 39.6 Å². The molecule has 0 saturated heterocycles. The van der Waals surface area contributed by atoms with Gasteiger partial charge in [0.2, 0.25) is 10.0 Å². The lowest BCUT2D eigenvalue weighted by Crippen LogP contribution is -2.15. The number of anilines is 2. The average Bonchev–Trinajstić information content (AvgIpc) is 3.08. The smallest absolute Gasteiger partial charge is 0.269 e. The number of hydrogen-bond donors (Lipinski definition) is 4. The average molecular weight is 434 g/mol. The number of aromatic nitrogens is 3. The summed E-state index contributed by atoms with van der Waals surface area (Å²) in [6.07, 6.45) is 2.94. The van der Waals surface area contributed by atoms with E-state index in [0.29, 0.717) is 16.9 Å². The first-order valence-electron chi connectivity index (χ1n) is 9.43. The van der Waals surface area contributed by atoms with E-state index in [1.807, 2.05) is 42.6 Å². The number of rotatable bonds is 4. The van der Waals surface area contributed by atoms with Gasteiger partial charge in [-0.1, -0.05) is 30.3 Å². The van der Waals surface area contributed by atoms with Crippen LogP contribution in [0.3, 0.4) is 0 Å². The molecular formula is C21H18N6O3S. The van der Waals surface area contributed by atoms with Crippen LogP contribution in [0.25, 0.3) is 22.2 Å². The molecule has 5 N–H and O–H groups in total. The van der Waals surface area contributed by atoms with E-state index in [1.165, 1.54) is 0 Å². The molecule has 0 bridgehead atoms. The topological polar surface area (TPSA) is 143 Å². The molecule has 156 valence electrons. The molecule has 1 unspecified atom stereocenters. The maximum Gasteiger partial charge on any atom is 0.269 e. The van der Waals surface area contributed by atoms with Crippen molar-refractivity contribution in [2.24, 2.45) is 5.73 Å². The Labute approximate surface area is 177 Å². The van der Waals surface area contributed by atoms with Crippen LogP contribution in [0.15, 0.2) is 54.7 Å². The lowest BCUT2D eigenvalue weighted by molar-refractivity contribution is 0.0995. The Bertz CT molecular complexity index is 1440. The summed E-state index contributed by atoms with van der Waals surface area (Å²) in [6.45, 7) is 0. The van der Waals surface area contributed by atoms with Crippen LogP contribution in [-0.4, -0.2) is 35.8 Å². The summed E-state index contributed by atoms with van der Waals surface area (Å²) < 4.78 is 25.5. The lowest BCUT2D eigenvalue weighted by Gasteiger charge is -2.20. The van der Waals surface area contributed by atoms with Gasteiger partial charge >= 0.3 is 0 Å². The molecule has 0 aliphatic carbocycles. The summed E-state index contributed by atoms with van der Waals surface area (Å²) in [6, 6.07) is 14.4. The third-order valence-electron chi connectivity index (χ3n) is 5.21. The zero-order valence-electron chi connectivity index (χ0n) is 16.4. The fourth-order valence-corrected chi connectivity index (χ4v) is 4.54. The largest absolute Gasteiger partial charge is 0.374 e. The fraction of sp³-hybridized carbons (Fsp3) is 0.0952. The monoisotopic (exact) mass is 434 g/mol. The Morgan fingerprint density at radius 1 is 1.10 bits per heavy atom. The van der Waals surface area contributed by atoms with Gasteiger partial charge in [-0.25, -0.2) is 8.42 Å². The minimum Gasteiger partial charge on any atom is -0.374 e. The highest BCUT2D eigenvalue weighted by atomic mass is 32.2. The van der Waals surface area contributed by atoms with E-state index in [9.17, 15) is 13.2 Å². The number of nitrogens with zero attached hydrogens (tertiary/aromatic N) is 2. The second-order valence-corrected chi connectivity index (χ2v) is 9.12. The summed E-state index contributed by atoms with van der Waals surface area (Å²) in [5.41, 5.74) is 10.8. The fourth-order valence-electron chi connectivity index (χ4n) is 3.98. The van der Waals surface area contributed by atoms with Crippen LogP contribution in [-0.2, 0) is 10.0 Å². The molecule has 1 aliphatic heterocycles. The molecule has 0 saturated carbocycles. The van der Waals surface area contributed by atoms with Gasteiger partial charge in [0.15, 0.2) is 11.3 Å². The van der Waals surface area contributed by atoms with Crippen LogP contribution in [0.4, 0.5) is 11.4 Å². The highest BCUT2D eigenvalue weighted by Gasteiger charge is 2.29. The molecule has 4 aromatic rings. The number of fused-ring (bicyclic) bond motifs is 2. The van der Waals surface area contributed by atoms with Gasteiger partial charge in [-0.3, -0.25) is 9.52 Å². The van der Waals surface area contributed by atoms with Crippen molar-refractivity contribution in [1.82, 2.24) is 15.2 Å². The van der Waals surface area contributed by atoms with E-state index < -0.39 is 15.9 Å². The van der Waals surface area contributed by atoms with E-state index in [0.717, 1.165) is 34.0 Å². The molecule has 1 amide bonds. The number of hydrogen-bond acceptors (Lipinski definition) is 6. The van der Waals surface area contributed by atoms with Crippen molar-refractivity contribution in [3.05, 3.63) is 71.5 Å². The summed E-state index contributed by atoms with van der Waals surface area (Å²) >= 11 is 0. The molecule has 9 nitrogen and oxygen atoms in total. The maximum atomic E-state index is 12.1. The van der Waals surface area contributed by atoms with Crippen LogP contribution in [0.2, 0.25) is 0 Å². The highest BCUT2D eigenvalue weighted by molar-refractivity contribution is 7.92. The molecule has 1 atom stereocenters. The SMILES string of the molecule is CS(=O)(=O)Nc1ccc(C2Nc3ccccc3-c3c(C(N)=O)nnc4[nH]cc2c34)cc1. The molecule has 1 aliphatic rings. The molecule has 0 spiro atoms. The number of benzene rings is 2. The number of sulfonamides is 1. The van der Waals surface area contributed by atoms with E-state index in [4.69, 9.17) is 5.73 Å². The Morgan fingerprint density at radius 2 is 1.84 bits per heavy atom. The molecule has 2 aromatic heterocycles. The van der Waals surface area contributed by atoms with Crippen LogP contribution >= 0.6 is 0 Å². The summed E-state index contributed by atoms with van der Waals surface area (Å²) in [5, 5.41) is 12.5. The Morgan fingerprint density at radius 3 is 2.55 bits per heavy atom. The van der Waals surface area contributed by atoms with Crippen LogP contribution in [0.5, 0.6) is 0 Å². The molecule has 5 rings (SSSR count). The van der Waals surface area contributed by atoms with Gasteiger partial charge in [-0.15, -0.1) is 10.2 Å². The van der Waals surface area contributed by atoms with Crippen molar-refractivity contribution in [1.29, 1.82) is 0 Å². The predicted molar refractivity (Wildman–Crippen MR) is 118 cm³/mol. The van der Waals surface area contributed by atoms with Crippen LogP contribution < -0.4 is 15.8 Å². The molecule has 0 fully saturated rings. The van der Waals surface area contributed by atoms with Crippen LogP contribution in [0, 0.1) is 0 Å². The van der Waals surface area contributed by atoms with Gasteiger partial charge in [0.1, 0.15) is 0 Å².